The summed E-state index contributed by atoms with van der Waals surface area (Å²) in [5, 5.41) is 13.9. The number of carboxylic acids is 1. The van der Waals surface area contributed by atoms with Crippen LogP contribution in [0.1, 0.15) is 25.5 Å². The van der Waals surface area contributed by atoms with E-state index in [9.17, 15) is 9.59 Å². The standard InChI is InChI=1S/C12H17N3O3/c1-3-9(7-11(16)17)14-12(18)15-10-5-4-6-13-8(10)2/h4-6,9H,3,7H2,1-2H3,(H,16,17)(H2,14,15,18). The van der Waals surface area contributed by atoms with Crippen LogP contribution in [-0.2, 0) is 4.79 Å². The van der Waals surface area contributed by atoms with Gasteiger partial charge in [-0.3, -0.25) is 9.78 Å². The maximum Gasteiger partial charge on any atom is 0.319 e. The van der Waals surface area contributed by atoms with Gasteiger partial charge in [-0.25, -0.2) is 4.79 Å². The quantitative estimate of drug-likeness (QED) is 0.743. The van der Waals surface area contributed by atoms with Crippen LogP contribution in [0.3, 0.4) is 0 Å². The third-order valence-corrected chi connectivity index (χ3v) is 2.50. The fourth-order valence-electron chi connectivity index (χ4n) is 1.47. The van der Waals surface area contributed by atoms with E-state index in [4.69, 9.17) is 5.11 Å². The van der Waals surface area contributed by atoms with Gasteiger partial charge >= 0.3 is 12.0 Å². The lowest BCUT2D eigenvalue weighted by molar-refractivity contribution is -0.137. The lowest BCUT2D eigenvalue weighted by Crippen LogP contribution is -2.39. The van der Waals surface area contributed by atoms with E-state index < -0.39 is 12.0 Å². The molecule has 0 fully saturated rings. The van der Waals surface area contributed by atoms with E-state index in [0.717, 1.165) is 0 Å². The number of urea groups is 1. The van der Waals surface area contributed by atoms with E-state index in [2.05, 4.69) is 15.6 Å². The van der Waals surface area contributed by atoms with Crippen LogP contribution in [0.5, 0.6) is 0 Å². The molecule has 0 spiro atoms. The Balaban J connectivity index is 2.55. The zero-order valence-electron chi connectivity index (χ0n) is 10.4. The maximum absolute atomic E-state index is 11.7. The first-order chi connectivity index (χ1) is 8.52. The number of aliphatic carboxylic acids is 1. The van der Waals surface area contributed by atoms with Crippen molar-refractivity contribution in [1.29, 1.82) is 0 Å². The third-order valence-electron chi connectivity index (χ3n) is 2.50. The molecular weight excluding hydrogens is 234 g/mol. The first-order valence-electron chi connectivity index (χ1n) is 5.73. The van der Waals surface area contributed by atoms with Gasteiger partial charge in [0.1, 0.15) is 0 Å². The molecule has 1 rings (SSSR count). The summed E-state index contributed by atoms with van der Waals surface area (Å²) >= 11 is 0. The van der Waals surface area contributed by atoms with Gasteiger partial charge in [0.2, 0.25) is 0 Å². The molecule has 1 atom stereocenters. The molecule has 0 saturated carbocycles. The molecule has 2 amide bonds. The molecule has 98 valence electrons. The Kier molecular flexibility index (Phi) is 5.10. The van der Waals surface area contributed by atoms with Gasteiger partial charge in [-0.05, 0) is 25.5 Å². The SMILES string of the molecule is CCC(CC(=O)O)NC(=O)Nc1cccnc1C. The van der Waals surface area contributed by atoms with Crippen LogP contribution in [0, 0.1) is 6.92 Å². The van der Waals surface area contributed by atoms with Crippen molar-refractivity contribution < 1.29 is 14.7 Å². The normalized spacial score (nSPS) is 11.7. The predicted octanol–water partition coefficient (Wildman–Crippen LogP) is 1.76. The van der Waals surface area contributed by atoms with Gasteiger partial charge in [-0.2, -0.15) is 0 Å². The molecule has 1 unspecified atom stereocenters. The molecule has 1 aromatic rings. The topological polar surface area (TPSA) is 91.3 Å². The second kappa shape index (κ2) is 6.58. The number of rotatable bonds is 5. The zero-order valence-corrected chi connectivity index (χ0v) is 10.4. The summed E-state index contributed by atoms with van der Waals surface area (Å²) in [6, 6.07) is 2.66. The minimum atomic E-state index is -0.931. The van der Waals surface area contributed by atoms with Crippen LogP contribution in [0.15, 0.2) is 18.3 Å². The second-order valence-corrected chi connectivity index (χ2v) is 3.94. The highest BCUT2D eigenvalue weighted by Crippen LogP contribution is 2.10. The Bertz CT molecular complexity index is 434. The van der Waals surface area contributed by atoms with E-state index in [1.54, 1.807) is 25.3 Å². The van der Waals surface area contributed by atoms with Crippen LogP contribution in [0.25, 0.3) is 0 Å². The van der Waals surface area contributed by atoms with Crippen molar-refractivity contribution in [3.05, 3.63) is 24.0 Å². The smallest absolute Gasteiger partial charge is 0.319 e. The summed E-state index contributed by atoms with van der Waals surface area (Å²) < 4.78 is 0. The maximum atomic E-state index is 11.7. The monoisotopic (exact) mass is 251 g/mol. The fraction of sp³-hybridized carbons (Fsp3) is 0.417. The Hall–Kier alpha value is -2.11. The third kappa shape index (κ3) is 4.40. The van der Waals surface area contributed by atoms with Crippen molar-refractivity contribution in [2.75, 3.05) is 5.32 Å². The Morgan fingerprint density at radius 2 is 2.22 bits per heavy atom. The largest absolute Gasteiger partial charge is 0.481 e. The van der Waals surface area contributed by atoms with Gasteiger partial charge in [0.05, 0.1) is 17.8 Å². The number of carboxylic acid groups (broad SMARTS) is 1. The molecule has 0 aliphatic heterocycles. The van der Waals surface area contributed by atoms with E-state index in [1.165, 1.54) is 0 Å². The number of pyridine rings is 1. The molecule has 1 aromatic heterocycles. The number of amides is 2. The number of aromatic nitrogens is 1. The van der Waals surface area contributed by atoms with Gasteiger partial charge in [0, 0.05) is 12.2 Å². The van der Waals surface area contributed by atoms with Crippen LogP contribution in [0.2, 0.25) is 0 Å². The van der Waals surface area contributed by atoms with Gasteiger partial charge in [-0.1, -0.05) is 6.92 Å². The highest BCUT2D eigenvalue weighted by atomic mass is 16.4. The van der Waals surface area contributed by atoms with Crippen molar-refractivity contribution in [2.24, 2.45) is 0 Å². The average molecular weight is 251 g/mol. The summed E-state index contributed by atoms with van der Waals surface area (Å²) in [4.78, 5) is 26.3. The van der Waals surface area contributed by atoms with Gasteiger partial charge in [0.15, 0.2) is 0 Å². The predicted molar refractivity (Wildman–Crippen MR) is 67.5 cm³/mol. The number of hydrogen-bond acceptors (Lipinski definition) is 3. The Morgan fingerprint density at radius 1 is 1.50 bits per heavy atom. The van der Waals surface area contributed by atoms with E-state index in [-0.39, 0.29) is 12.5 Å². The number of nitrogens with one attached hydrogen (secondary N) is 2. The van der Waals surface area contributed by atoms with Gasteiger partial charge < -0.3 is 15.7 Å². The molecule has 0 aliphatic rings. The minimum absolute atomic E-state index is 0.0874. The van der Waals surface area contributed by atoms with E-state index in [0.29, 0.717) is 17.8 Å². The highest BCUT2D eigenvalue weighted by Gasteiger charge is 2.14. The second-order valence-electron chi connectivity index (χ2n) is 3.94. The molecule has 6 heteroatoms. The number of nitrogens with zero attached hydrogens (tertiary/aromatic N) is 1. The van der Waals surface area contributed by atoms with Crippen molar-refractivity contribution in [1.82, 2.24) is 10.3 Å². The van der Waals surface area contributed by atoms with E-state index >= 15 is 0 Å². The Morgan fingerprint density at radius 3 is 2.78 bits per heavy atom. The fourth-order valence-corrected chi connectivity index (χ4v) is 1.47. The number of hydrogen-bond donors (Lipinski definition) is 3. The van der Waals surface area contributed by atoms with Crippen molar-refractivity contribution in [3.8, 4) is 0 Å². The summed E-state index contributed by atoms with van der Waals surface area (Å²) in [6.07, 6.45) is 2.11. The van der Waals surface area contributed by atoms with Crippen LogP contribution in [0.4, 0.5) is 10.5 Å². The highest BCUT2D eigenvalue weighted by molar-refractivity contribution is 5.90. The molecule has 1 heterocycles. The van der Waals surface area contributed by atoms with Gasteiger partial charge in [0.25, 0.3) is 0 Å². The number of carbonyl (C=O) groups is 2. The number of carbonyl (C=O) groups excluding carboxylic acids is 1. The molecule has 6 nitrogen and oxygen atoms in total. The molecular formula is C12H17N3O3. The van der Waals surface area contributed by atoms with Crippen molar-refractivity contribution in [2.45, 2.75) is 32.7 Å². The number of aryl methyl sites for hydroxylation is 1. The molecule has 18 heavy (non-hydrogen) atoms. The van der Waals surface area contributed by atoms with Gasteiger partial charge in [-0.15, -0.1) is 0 Å². The first-order valence-corrected chi connectivity index (χ1v) is 5.73. The summed E-state index contributed by atoms with van der Waals surface area (Å²) in [7, 11) is 0. The van der Waals surface area contributed by atoms with Crippen molar-refractivity contribution >= 4 is 17.7 Å². The molecule has 3 N–H and O–H groups in total. The lowest BCUT2D eigenvalue weighted by Gasteiger charge is -2.15. The lowest BCUT2D eigenvalue weighted by atomic mass is 10.1. The summed E-state index contributed by atoms with van der Waals surface area (Å²) in [5.74, 6) is -0.931. The number of anilines is 1. The van der Waals surface area contributed by atoms with E-state index in [1.807, 2.05) is 6.92 Å². The van der Waals surface area contributed by atoms with Crippen LogP contribution >= 0.6 is 0 Å². The molecule has 0 aromatic carbocycles. The molecule has 0 bridgehead atoms. The van der Waals surface area contributed by atoms with Crippen LogP contribution in [-0.4, -0.2) is 28.1 Å². The zero-order chi connectivity index (χ0) is 13.5. The minimum Gasteiger partial charge on any atom is -0.481 e. The average Bonchev–Trinajstić information content (AvgIpc) is 2.30. The van der Waals surface area contributed by atoms with Crippen molar-refractivity contribution in [3.63, 3.8) is 0 Å². The Labute approximate surface area is 105 Å². The summed E-state index contributed by atoms with van der Waals surface area (Å²) in [6.45, 7) is 3.60. The first kappa shape index (κ1) is 14.0. The summed E-state index contributed by atoms with van der Waals surface area (Å²) in [5.41, 5.74) is 1.32. The molecule has 0 saturated heterocycles. The molecule has 0 aliphatic carbocycles. The van der Waals surface area contributed by atoms with Crippen LogP contribution < -0.4 is 10.6 Å². The molecule has 0 radical (unpaired) electrons.